The molecule has 0 atom stereocenters. The first-order valence-electron chi connectivity index (χ1n) is 4.43. The van der Waals surface area contributed by atoms with Crippen molar-refractivity contribution in [3.63, 3.8) is 0 Å². The Morgan fingerprint density at radius 1 is 1.12 bits per heavy atom. The van der Waals surface area contributed by atoms with Crippen molar-refractivity contribution in [2.75, 3.05) is 0 Å². The number of hydrogen-bond donors (Lipinski definition) is 0. The minimum absolute atomic E-state index is 0.682. The Labute approximate surface area is 124 Å². The molecular weight excluding hydrogens is 416 g/mol. The second kappa shape index (κ2) is 8.40. The summed E-state index contributed by atoms with van der Waals surface area (Å²) in [6.07, 6.45) is 5.06. The van der Waals surface area contributed by atoms with Gasteiger partial charge in [0.1, 0.15) is 5.76 Å². The summed E-state index contributed by atoms with van der Waals surface area (Å²) in [5, 5.41) is 0. The standard InChI is InChI=1S/C6H4Br2O.C6H3BrO/c7-6(8)4-5-2-1-3-9-5;7-4-3-6-2-1-5-8-6/h1-4H;1-2,5H. The molecule has 2 aromatic heterocycles. The van der Waals surface area contributed by atoms with Gasteiger partial charge in [-0.05, 0) is 66.9 Å². The van der Waals surface area contributed by atoms with Crippen LogP contribution < -0.4 is 0 Å². The van der Waals surface area contributed by atoms with Gasteiger partial charge in [-0.2, -0.15) is 0 Å². The topological polar surface area (TPSA) is 26.3 Å². The fourth-order valence-electron chi connectivity index (χ4n) is 0.877. The molecule has 17 heavy (non-hydrogen) atoms. The second-order valence-corrected chi connectivity index (χ2v) is 5.82. The Kier molecular flexibility index (Phi) is 7.10. The molecule has 0 bridgehead atoms. The van der Waals surface area contributed by atoms with Gasteiger partial charge in [0.15, 0.2) is 5.76 Å². The Balaban J connectivity index is 0.000000171. The monoisotopic (exact) mass is 420 g/mol. The van der Waals surface area contributed by atoms with Crippen molar-refractivity contribution in [1.82, 2.24) is 0 Å². The van der Waals surface area contributed by atoms with E-state index < -0.39 is 0 Å². The van der Waals surface area contributed by atoms with Crippen LogP contribution in [0.2, 0.25) is 0 Å². The lowest BCUT2D eigenvalue weighted by atomic mass is 10.5. The van der Waals surface area contributed by atoms with Gasteiger partial charge in [-0.25, -0.2) is 0 Å². The van der Waals surface area contributed by atoms with Crippen molar-refractivity contribution < 1.29 is 8.83 Å². The summed E-state index contributed by atoms with van der Waals surface area (Å²) in [5.74, 6) is 4.20. The number of furan rings is 2. The van der Waals surface area contributed by atoms with Gasteiger partial charge < -0.3 is 8.83 Å². The number of halogens is 3. The van der Waals surface area contributed by atoms with Gasteiger partial charge in [0.25, 0.3) is 0 Å². The number of rotatable bonds is 1. The summed E-state index contributed by atoms with van der Waals surface area (Å²) in [5.41, 5.74) is 0. The third-order valence-electron chi connectivity index (χ3n) is 1.49. The molecule has 0 aliphatic heterocycles. The molecule has 0 aliphatic carbocycles. The summed E-state index contributed by atoms with van der Waals surface area (Å²) in [6, 6.07) is 7.32. The summed E-state index contributed by atoms with van der Waals surface area (Å²) in [7, 11) is 0. The van der Waals surface area contributed by atoms with Crippen molar-refractivity contribution >= 4 is 53.9 Å². The van der Waals surface area contributed by atoms with Gasteiger partial charge in [0.05, 0.1) is 15.9 Å². The van der Waals surface area contributed by atoms with E-state index in [1.165, 1.54) is 0 Å². The maximum atomic E-state index is 5.01. The Bertz CT molecular complexity index is 498. The third kappa shape index (κ3) is 6.57. The van der Waals surface area contributed by atoms with Crippen LogP contribution in [-0.4, -0.2) is 0 Å². The fourth-order valence-corrected chi connectivity index (χ4v) is 1.52. The second-order valence-electron chi connectivity index (χ2n) is 2.65. The molecule has 0 spiro atoms. The summed E-state index contributed by atoms with van der Waals surface area (Å²) in [4.78, 5) is 2.54. The molecule has 0 radical (unpaired) electrons. The average Bonchev–Trinajstić information content (AvgIpc) is 2.91. The van der Waals surface area contributed by atoms with Crippen LogP contribution in [0.4, 0.5) is 0 Å². The fraction of sp³-hybridized carbons (Fsp3) is 0. The smallest absolute Gasteiger partial charge is 0.177 e. The van der Waals surface area contributed by atoms with Gasteiger partial charge in [0, 0.05) is 22.0 Å². The summed E-state index contributed by atoms with van der Waals surface area (Å²) >= 11 is 9.38. The third-order valence-corrected chi connectivity index (χ3v) is 2.14. The molecule has 88 valence electrons. The molecule has 2 nitrogen and oxygen atoms in total. The van der Waals surface area contributed by atoms with Crippen LogP contribution in [-0.2, 0) is 0 Å². The molecule has 0 unspecified atom stereocenters. The van der Waals surface area contributed by atoms with Crippen LogP contribution >= 0.6 is 47.8 Å². The lowest BCUT2D eigenvalue weighted by Gasteiger charge is -1.81. The maximum Gasteiger partial charge on any atom is 0.177 e. The van der Waals surface area contributed by atoms with E-state index in [4.69, 9.17) is 8.83 Å². The molecule has 0 aliphatic rings. The minimum Gasteiger partial charge on any atom is -0.465 e. The van der Waals surface area contributed by atoms with Gasteiger partial charge in [-0.1, -0.05) is 0 Å². The molecule has 0 fully saturated rings. The molecular formula is C12H7Br3O2. The van der Waals surface area contributed by atoms with E-state index in [0.29, 0.717) is 5.76 Å². The van der Waals surface area contributed by atoms with Crippen LogP contribution in [0.1, 0.15) is 11.5 Å². The molecule has 0 N–H and O–H groups in total. The predicted molar refractivity (Wildman–Crippen MR) is 79.1 cm³/mol. The Morgan fingerprint density at radius 2 is 1.82 bits per heavy atom. The van der Waals surface area contributed by atoms with E-state index in [9.17, 15) is 0 Å². The normalized spacial score (nSPS) is 8.41. The highest BCUT2D eigenvalue weighted by Crippen LogP contribution is 2.17. The van der Waals surface area contributed by atoms with Crippen LogP contribution in [0.3, 0.4) is 0 Å². The van der Waals surface area contributed by atoms with Crippen molar-refractivity contribution in [2.45, 2.75) is 0 Å². The highest BCUT2D eigenvalue weighted by Gasteiger charge is 1.88. The zero-order valence-electron chi connectivity index (χ0n) is 8.49. The van der Waals surface area contributed by atoms with Crippen molar-refractivity contribution in [3.05, 3.63) is 51.7 Å². The molecule has 2 heterocycles. The zero-order chi connectivity index (χ0) is 12.5. The van der Waals surface area contributed by atoms with E-state index in [1.54, 1.807) is 24.7 Å². The van der Waals surface area contributed by atoms with Crippen molar-refractivity contribution in [1.29, 1.82) is 0 Å². The van der Waals surface area contributed by atoms with Crippen LogP contribution in [0.15, 0.2) is 49.0 Å². The van der Waals surface area contributed by atoms with E-state index in [0.717, 1.165) is 9.15 Å². The van der Waals surface area contributed by atoms with Crippen molar-refractivity contribution in [2.24, 2.45) is 0 Å². The zero-order valence-corrected chi connectivity index (χ0v) is 13.2. The molecule has 0 aromatic carbocycles. The molecule has 0 saturated carbocycles. The van der Waals surface area contributed by atoms with Gasteiger partial charge in [-0.15, -0.1) is 0 Å². The largest absolute Gasteiger partial charge is 0.465 e. The SMILES string of the molecule is BrC#Cc1ccco1.BrC(Br)=Cc1ccco1. The van der Waals surface area contributed by atoms with E-state index >= 15 is 0 Å². The lowest BCUT2D eigenvalue weighted by molar-refractivity contribution is 0.554. The Morgan fingerprint density at radius 3 is 2.29 bits per heavy atom. The van der Waals surface area contributed by atoms with Gasteiger partial charge >= 0.3 is 0 Å². The molecule has 0 saturated heterocycles. The first kappa shape index (κ1) is 14.4. The van der Waals surface area contributed by atoms with Crippen LogP contribution in [0.25, 0.3) is 6.08 Å². The number of hydrogen-bond acceptors (Lipinski definition) is 2. The van der Waals surface area contributed by atoms with Crippen LogP contribution in [0.5, 0.6) is 0 Å². The lowest BCUT2D eigenvalue weighted by Crippen LogP contribution is -1.56. The molecule has 5 heteroatoms. The summed E-state index contributed by atoms with van der Waals surface area (Å²) in [6.45, 7) is 0. The maximum absolute atomic E-state index is 5.01. The van der Waals surface area contributed by atoms with Gasteiger partial charge in [0.2, 0.25) is 0 Å². The molecule has 0 amide bonds. The highest BCUT2D eigenvalue weighted by atomic mass is 79.9. The van der Waals surface area contributed by atoms with Gasteiger partial charge in [-0.3, -0.25) is 0 Å². The van der Waals surface area contributed by atoms with Crippen LogP contribution in [0, 0.1) is 10.8 Å². The van der Waals surface area contributed by atoms with Crippen molar-refractivity contribution in [3.8, 4) is 10.8 Å². The van der Waals surface area contributed by atoms with E-state index in [1.807, 2.05) is 18.2 Å². The first-order valence-corrected chi connectivity index (χ1v) is 6.81. The quantitative estimate of drug-likeness (QED) is 0.579. The van der Waals surface area contributed by atoms with E-state index in [2.05, 4.69) is 58.5 Å². The molecule has 2 aromatic rings. The molecule has 2 rings (SSSR count). The predicted octanol–water partition coefficient (Wildman–Crippen LogP) is 5.35. The summed E-state index contributed by atoms with van der Waals surface area (Å²) < 4.78 is 10.8. The Hall–Kier alpha value is -0.700. The van der Waals surface area contributed by atoms with E-state index in [-0.39, 0.29) is 0 Å². The first-order chi connectivity index (χ1) is 8.22. The highest BCUT2D eigenvalue weighted by molar-refractivity contribution is 9.28. The average molecular weight is 423 g/mol. The minimum atomic E-state index is 0.682.